The first-order valence-corrected chi connectivity index (χ1v) is 3.13. The molecule has 1 rings (SSSR count). The Balaban J connectivity index is 3.02. The monoisotopic (exact) mass is 158 g/mol. The highest BCUT2D eigenvalue weighted by Crippen LogP contribution is 2.04. The zero-order valence-corrected chi connectivity index (χ0v) is 5.84. The van der Waals surface area contributed by atoms with Gasteiger partial charge in [0.2, 0.25) is 0 Å². The molecular formula is C9H12FN. The first-order chi connectivity index (χ1) is 7.16. The number of nitrogens with two attached hydrogens (primary N) is 1. The Morgan fingerprint density at radius 2 is 2.36 bits per heavy atom. The van der Waals surface area contributed by atoms with Crippen molar-refractivity contribution in [3.05, 3.63) is 35.6 Å². The SMILES string of the molecule is [2H]C(c1ccc(F)cc1)C([2H])(N)C([2H])([2H])[2H]. The maximum absolute atomic E-state index is 12.6. The summed E-state index contributed by atoms with van der Waals surface area (Å²) >= 11 is 0. The number of halogens is 1. The molecule has 0 aliphatic heterocycles. The van der Waals surface area contributed by atoms with Crippen molar-refractivity contribution in [2.45, 2.75) is 19.3 Å². The van der Waals surface area contributed by atoms with Gasteiger partial charge < -0.3 is 5.73 Å². The van der Waals surface area contributed by atoms with E-state index in [4.69, 9.17) is 12.6 Å². The largest absolute Gasteiger partial charge is 0.328 e. The Bertz CT molecular complexity index is 359. The number of rotatable bonds is 2. The summed E-state index contributed by atoms with van der Waals surface area (Å²) in [5, 5.41) is 0. The van der Waals surface area contributed by atoms with Gasteiger partial charge >= 0.3 is 0 Å². The van der Waals surface area contributed by atoms with Crippen molar-refractivity contribution < 1.29 is 11.2 Å². The van der Waals surface area contributed by atoms with Crippen LogP contribution in [0.25, 0.3) is 0 Å². The third-order valence-electron chi connectivity index (χ3n) is 1.19. The Hall–Kier alpha value is -0.890. The van der Waals surface area contributed by atoms with E-state index in [1.165, 1.54) is 12.1 Å². The Morgan fingerprint density at radius 3 is 2.91 bits per heavy atom. The zero-order chi connectivity index (χ0) is 12.6. The molecule has 1 aromatic carbocycles. The fourth-order valence-corrected chi connectivity index (χ4v) is 0.739. The molecule has 0 saturated heterocycles. The second kappa shape index (κ2) is 3.49. The molecule has 0 aliphatic rings. The van der Waals surface area contributed by atoms with Crippen LogP contribution in [0.4, 0.5) is 4.39 Å². The average Bonchev–Trinajstić information content (AvgIpc) is 2.16. The van der Waals surface area contributed by atoms with Gasteiger partial charge in [-0.25, -0.2) is 4.39 Å². The molecule has 2 N–H and O–H groups in total. The van der Waals surface area contributed by atoms with Crippen LogP contribution < -0.4 is 5.73 Å². The van der Waals surface area contributed by atoms with E-state index in [9.17, 15) is 4.39 Å². The quantitative estimate of drug-likeness (QED) is 0.696. The second-order valence-corrected chi connectivity index (χ2v) is 2.15. The van der Waals surface area contributed by atoms with E-state index in [0.717, 1.165) is 12.1 Å². The minimum absolute atomic E-state index is 0.204. The minimum atomic E-state index is -2.77. The molecule has 0 amide bonds. The Morgan fingerprint density at radius 1 is 1.73 bits per heavy atom. The molecule has 0 bridgehead atoms. The van der Waals surface area contributed by atoms with Gasteiger partial charge in [0.1, 0.15) is 5.82 Å². The van der Waals surface area contributed by atoms with Crippen molar-refractivity contribution in [1.82, 2.24) is 0 Å². The summed E-state index contributed by atoms with van der Waals surface area (Å²) in [4.78, 5) is 0. The third kappa shape index (κ3) is 2.68. The average molecular weight is 158 g/mol. The van der Waals surface area contributed by atoms with Crippen LogP contribution in [0.5, 0.6) is 0 Å². The van der Waals surface area contributed by atoms with Crippen LogP contribution in [0.15, 0.2) is 24.3 Å². The van der Waals surface area contributed by atoms with Crippen LogP contribution in [0.2, 0.25) is 0 Å². The fraction of sp³-hybridized carbons (Fsp3) is 0.333. The highest BCUT2D eigenvalue weighted by Gasteiger charge is 1.96. The summed E-state index contributed by atoms with van der Waals surface area (Å²) in [7, 11) is 0. The van der Waals surface area contributed by atoms with Gasteiger partial charge in [0, 0.05) is 12.9 Å². The van der Waals surface area contributed by atoms with Crippen molar-refractivity contribution in [3.8, 4) is 0 Å². The predicted molar refractivity (Wildman–Crippen MR) is 43.8 cm³/mol. The fourth-order valence-electron chi connectivity index (χ4n) is 0.739. The third-order valence-corrected chi connectivity index (χ3v) is 1.19. The molecule has 0 spiro atoms. The molecule has 2 atom stereocenters. The van der Waals surface area contributed by atoms with Crippen LogP contribution in [-0.4, -0.2) is 6.02 Å². The lowest BCUT2D eigenvalue weighted by Crippen LogP contribution is -2.17. The van der Waals surface area contributed by atoms with E-state index in [2.05, 4.69) is 0 Å². The molecule has 1 aromatic rings. The van der Waals surface area contributed by atoms with Crippen molar-refractivity contribution in [3.63, 3.8) is 0 Å². The molecule has 1 nitrogen and oxygen atoms in total. The van der Waals surface area contributed by atoms with Gasteiger partial charge in [-0.05, 0) is 30.9 Å². The number of hydrogen-bond donors (Lipinski definition) is 1. The molecule has 0 fully saturated rings. The lowest BCUT2D eigenvalue weighted by atomic mass is 10.1. The first kappa shape index (κ1) is 3.68. The van der Waals surface area contributed by atoms with Crippen LogP contribution in [-0.2, 0) is 6.40 Å². The highest BCUT2D eigenvalue weighted by molar-refractivity contribution is 5.16. The van der Waals surface area contributed by atoms with E-state index in [-0.39, 0.29) is 5.56 Å². The van der Waals surface area contributed by atoms with Crippen molar-refractivity contribution in [2.75, 3.05) is 0 Å². The first-order valence-electron chi connectivity index (χ1n) is 5.70. The summed E-state index contributed by atoms with van der Waals surface area (Å²) < 4.78 is 49.0. The van der Waals surface area contributed by atoms with Gasteiger partial charge in [-0.1, -0.05) is 12.1 Å². The summed E-state index contributed by atoms with van der Waals surface area (Å²) in [5.41, 5.74) is 5.53. The van der Waals surface area contributed by atoms with Gasteiger partial charge in [0.05, 0.1) is 0 Å². The predicted octanol–water partition coefficient (Wildman–Crippen LogP) is 1.72. The molecule has 0 aliphatic carbocycles. The normalized spacial score (nSPS) is 26.5. The molecule has 0 heterocycles. The topological polar surface area (TPSA) is 26.0 Å². The molecule has 0 aromatic heterocycles. The summed E-state index contributed by atoms with van der Waals surface area (Å²) in [6.45, 7) is -2.77. The molecule has 11 heavy (non-hydrogen) atoms. The summed E-state index contributed by atoms with van der Waals surface area (Å²) in [5.74, 6) is -0.488. The van der Waals surface area contributed by atoms with E-state index in [1.807, 2.05) is 0 Å². The van der Waals surface area contributed by atoms with Gasteiger partial charge in [-0.15, -0.1) is 0 Å². The van der Waals surface area contributed by atoms with Crippen molar-refractivity contribution in [2.24, 2.45) is 5.73 Å². The summed E-state index contributed by atoms with van der Waals surface area (Å²) in [6.07, 6.45) is -1.46. The number of hydrogen-bond acceptors (Lipinski definition) is 1. The van der Waals surface area contributed by atoms with Gasteiger partial charge in [-0.3, -0.25) is 0 Å². The lowest BCUT2D eigenvalue weighted by Gasteiger charge is -2.03. The van der Waals surface area contributed by atoms with E-state index in [0.29, 0.717) is 0 Å². The smallest absolute Gasteiger partial charge is 0.123 e. The van der Waals surface area contributed by atoms with Crippen LogP contribution in [0.3, 0.4) is 0 Å². The molecule has 2 heteroatoms. The van der Waals surface area contributed by atoms with Gasteiger partial charge in [0.15, 0.2) is 0 Å². The van der Waals surface area contributed by atoms with Crippen molar-refractivity contribution >= 4 is 0 Å². The Labute approximate surface area is 73.1 Å². The minimum Gasteiger partial charge on any atom is -0.328 e. The molecular weight excluding hydrogens is 141 g/mol. The van der Waals surface area contributed by atoms with E-state index < -0.39 is 25.1 Å². The maximum atomic E-state index is 12.6. The van der Waals surface area contributed by atoms with Crippen molar-refractivity contribution in [1.29, 1.82) is 0 Å². The van der Waals surface area contributed by atoms with Crippen LogP contribution in [0, 0.1) is 5.82 Å². The van der Waals surface area contributed by atoms with Gasteiger partial charge in [-0.2, -0.15) is 0 Å². The second-order valence-electron chi connectivity index (χ2n) is 2.15. The zero-order valence-electron chi connectivity index (χ0n) is 10.8. The highest BCUT2D eigenvalue weighted by atomic mass is 19.1. The number of benzene rings is 1. The molecule has 0 saturated carbocycles. The standard InChI is InChI=1S/C9H12FN/c1-7(11)6-8-2-4-9(10)5-3-8/h2-5,7H,6,11H2,1H3/i1D3,6D,7D. The summed E-state index contributed by atoms with van der Waals surface area (Å²) in [6, 6.07) is 2.31. The molecule has 0 radical (unpaired) electrons. The molecule has 2 unspecified atom stereocenters. The maximum Gasteiger partial charge on any atom is 0.123 e. The van der Waals surface area contributed by atoms with E-state index in [1.54, 1.807) is 0 Å². The molecule has 60 valence electrons. The van der Waals surface area contributed by atoms with E-state index >= 15 is 0 Å². The van der Waals surface area contributed by atoms with Gasteiger partial charge in [0.25, 0.3) is 0 Å². The Kier molecular flexibility index (Phi) is 1.16. The van der Waals surface area contributed by atoms with Crippen LogP contribution in [0.1, 0.15) is 19.3 Å². The van der Waals surface area contributed by atoms with Crippen LogP contribution >= 0.6 is 0 Å². The lowest BCUT2D eigenvalue weighted by molar-refractivity contribution is 0.626.